The second kappa shape index (κ2) is 10.2. The zero-order valence-electron chi connectivity index (χ0n) is 24.1. The van der Waals surface area contributed by atoms with Gasteiger partial charge in [-0.3, -0.25) is 4.98 Å². The molecule has 6 aromatic carbocycles. The van der Waals surface area contributed by atoms with Crippen LogP contribution in [-0.4, -0.2) is 19.9 Å². The van der Waals surface area contributed by atoms with E-state index in [1.54, 1.807) is 6.20 Å². The second-order valence-electron chi connectivity index (χ2n) is 11.1. The number of nitrogens with zero attached hydrogens (tertiary/aromatic N) is 4. The minimum atomic E-state index is 0.548. The Morgan fingerprint density at radius 1 is 0.422 bits per heavy atom. The summed E-state index contributed by atoms with van der Waals surface area (Å²) in [5.41, 5.74) is 6.54. The Bertz CT molecular complexity index is 2540. The first-order chi connectivity index (χ1) is 22.3. The van der Waals surface area contributed by atoms with Crippen LogP contribution in [0.3, 0.4) is 0 Å². The van der Waals surface area contributed by atoms with Gasteiger partial charge in [-0.2, -0.15) is 0 Å². The van der Waals surface area contributed by atoms with Crippen molar-refractivity contribution in [3.05, 3.63) is 146 Å². The zero-order valence-corrected chi connectivity index (χ0v) is 24.1. The minimum absolute atomic E-state index is 0.548. The lowest BCUT2D eigenvalue weighted by atomic mass is 10.00. The molecule has 0 amide bonds. The van der Waals surface area contributed by atoms with Gasteiger partial charge in [0.1, 0.15) is 5.58 Å². The van der Waals surface area contributed by atoms with Crippen LogP contribution in [0.2, 0.25) is 0 Å². The van der Waals surface area contributed by atoms with Crippen LogP contribution >= 0.6 is 0 Å². The summed E-state index contributed by atoms with van der Waals surface area (Å²) in [7, 11) is 0. The molecule has 9 rings (SSSR count). The number of benzene rings is 6. The minimum Gasteiger partial charge on any atom is -0.454 e. The van der Waals surface area contributed by atoms with Crippen molar-refractivity contribution in [1.82, 2.24) is 19.9 Å². The van der Waals surface area contributed by atoms with Crippen molar-refractivity contribution in [3.63, 3.8) is 0 Å². The van der Waals surface area contributed by atoms with Crippen LogP contribution in [0.25, 0.3) is 88.8 Å². The molecule has 0 spiro atoms. The number of hydrogen-bond acceptors (Lipinski definition) is 5. The summed E-state index contributed by atoms with van der Waals surface area (Å²) >= 11 is 0. The van der Waals surface area contributed by atoms with Crippen molar-refractivity contribution in [2.45, 2.75) is 0 Å². The predicted octanol–water partition coefficient (Wildman–Crippen LogP) is 10.1. The maximum absolute atomic E-state index is 6.41. The number of fused-ring (bicyclic) bond motifs is 6. The molecule has 0 radical (unpaired) electrons. The van der Waals surface area contributed by atoms with E-state index in [0.29, 0.717) is 23.1 Å². The third-order valence-corrected chi connectivity index (χ3v) is 8.39. The quantitative estimate of drug-likeness (QED) is 0.209. The smallest absolute Gasteiger partial charge is 0.166 e. The molecule has 5 heteroatoms. The summed E-state index contributed by atoms with van der Waals surface area (Å²) < 4.78 is 6.41. The molecule has 0 saturated carbocycles. The highest BCUT2D eigenvalue weighted by Gasteiger charge is 2.19. The summed E-state index contributed by atoms with van der Waals surface area (Å²) in [5.74, 6) is 1.75. The van der Waals surface area contributed by atoms with E-state index in [9.17, 15) is 0 Å². The molecule has 0 saturated heterocycles. The van der Waals surface area contributed by atoms with Crippen molar-refractivity contribution >= 4 is 43.5 Å². The lowest BCUT2D eigenvalue weighted by Crippen LogP contribution is -2.00. The van der Waals surface area contributed by atoms with E-state index in [-0.39, 0.29) is 0 Å². The fraction of sp³-hybridized carbons (Fsp3) is 0. The molecule has 210 valence electrons. The van der Waals surface area contributed by atoms with Crippen molar-refractivity contribution in [2.24, 2.45) is 0 Å². The summed E-state index contributed by atoms with van der Waals surface area (Å²) in [6.45, 7) is 0. The van der Waals surface area contributed by atoms with Gasteiger partial charge in [-0.15, -0.1) is 0 Å². The normalized spacial score (nSPS) is 11.6. The second-order valence-corrected chi connectivity index (χ2v) is 11.1. The molecule has 0 N–H and O–H groups in total. The molecule has 9 aromatic rings. The Kier molecular flexibility index (Phi) is 5.74. The monoisotopic (exact) mass is 576 g/mol. The number of aromatic nitrogens is 4. The summed E-state index contributed by atoms with van der Waals surface area (Å²) in [6, 6.07) is 45.9. The van der Waals surface area contributed by atoms with Gasteiger partial charge in [0.25, 0.3) is 0 Å². The van der Waals surface area contributed by atoms with Crippen LogP contribution in [0.5, 0.6) is 0 Å². The predicted molar refractivity (Wildman–Crippen MR) is 182 cm³/mol. The first-order valence-corrected chi connectivity index (χ1v) is 14.9. The molecule has 0 aliphatic carbocycles. The summed E-state index contributed by atoms with van der Waals surface area (Å²) in [5, 5.41) is 6.40. The van der Waals surface area contributed by atoms with E-state index in [1.165, 1.54) is 11.1 Å². The van der Waals surface area contributed by atoms with Crippen LogP contribution < -0.4 is 0 Å². The fourth-order valence-corrected chi connectivity index (χ4v) is 6.16. The number of rotatable bonds is 4. The average molecular weight is 577 g/mol. The largest absolute Gasteiger partial charge is 0.454 e. The number of hydrogen-bond donors (Lipinski definition) is 0. The van der Waals surface area contributed by atoms with E-state index in [0.717, 1.165) is 54.6 Å². The van der Waals surface area contributed by atoms with Gasteiger partial charge in [-0.05, 0) is 45.5 Å². The molecule has 45 heavy (non-hydrogen) atoms. The van der Waals surface area contributed by atoms with Crippen LogP contribution in [0, 0.1) is 0 Å². The topological polar surface area (TPSA) is 64.7 Å². The first-order valence-electron chi connectivity index (χ1n) is 14.9. The molecular formula is C40H24N4O. The Morgan fingerprint density at radius 2 is 1.04 bits per heavy atom. The van der Waals surface area contributed by atoms with Gasteiger partial charge in [-0.1, -0.05) is 115 Å². The van der Waals surface area contributed by atoms with E-state index in [1.807, 2.05) is 54.7 Å². The lowest BCUT2D eigenvalue weighted by molar-refractivity contribution is 0.670. The van der Waals surface area contributed by atoms with Gasteiger partial charge in [0.05, 0.1) is 6.20 Å². The van der Waals surface area contributed by atoms with Gasteiger partial charge < -0.3 is 4.42 Å². The van der Waals surface area contributed by atoms with Gasteiger partial charge in [-0.25, -0.2) is 15.0 Å². The fourth-order valence-electron chi connectivity index (χ4n) is 6.16. The Balaban J connectivity index is 1.24. The van der Waals surface area contributed by atoms with Crippen LogP contribution in [0.15, 0.2) is 150 Å². The van der Waals surface area contributed by atoms with Crippen LogP contribution in [0.4, 0.5) is 0 Å². The highest BCUT2D eigenvalue weighted by Crippen LogP contribution is 2.39. The molecule has 3 aromatic heterocycles. The van der Waals surface area contributed by atoms with Gasteiger partial charge in [0, 0.05) is 39.0 Å². The summed E-state index contributed by atoms with van der Waals surface area (Å²) in [4.78, 5) is 19.6. The van der Waals surface area contributed by atoms with Crippen LogP contribution in [-0.2, 0) is 0 Å². The van der Waals surface area contributed by atoms with Gasteiger partial charge in [0.15, 0.2) is 23.1 Å². The van der Waals surface area contributed by atoms with Crippen molar-refractivity contribution in [2.75, 3.05) is 0 Å². The molecule has 0 atom stereocenters. The van der Waals surface area contributed by atoms with E-state index in [4.69, 9.17) is 19.4 Å². The highest BCUT2D eigenvalue weighted by atomic mass is 16.3. The Labute approximate surface area is 258 Å². The SMILES string of the molecule is c1ccc(-c2ccc3cc(-c4nc(-c5ccccc5)nc(-c5cncc6oc7c8ccccc8ccc7c56)n4)ccc3c2)cc1. The molecule has 0 unspecified atom stereocenters. The molecule has 5 nitrogen and oxygen atoms in total. The molecule has 0 bridgehead atoms. The zero-order chi connectivity index (χ0) is 29.7. The van der Waals surface area contributed by atoms with E-state index in [2.05, 4.69) is 89.9 Å². The van der Waals surface area contributed by atoms with Crippen molar-refractivity contribution in [1.29, 1.82) is 0 Å². The molecule has 0 fully saturated rings. The van der Waals surface area contributed by atoms with Gasteiger partial charge >= 0.3 is 0 Å². The van der Waals surface area contributed by atoms with Gasteiger partial charge in [0.2, 0.25) is 0 Å². The van der Waals surface area contributed by atoms with E-state index >= 15 is 0 Å². The molecule has 3 heterocycles. The standard InChI is InChI=1S/C40H24N4O/c1-3-9-25(10-4-1)28-15-16-30-22-31(18-17-29(30)21-28)39-42-38(27-12-5-2-6-13-27)43-40(44-39)34-23-41-24-35-36(34)33-20-19-26-11-7-8-14-32(26)37(33)45-35/h1-24H. The Hall–Kier alpha value is -6.20. The molecule has 0 aliphatic rings. The highest BCUT2D eigenvalue weighted by molar-refractivity contribution is 6.18. The van der Waals surface area contributed by atoms with Crippen molar-refractivity contribution in [3.8, 4) is 45.3 Å². The Morgan fingerprint density at radius 3 is 1.84 bits per heavy atom. The number of pyridine rings is 1. The maximum atomic E-state index is 6.41. The maximum Gasteiger partial charge on any atom is 0.166 e. The lowest BCUT2D eigenvalue weighted by Gasteiger charge is -2.10. The number of furan rings is 1. The third-order valence-electron chi connectivity index (χ3n) is 8.39. The third kappa shape index (κ3) is 4.33. The average Bonchev–Trinajstić information content (AvgIpc) is 3.51. The van der Waals surface area contributed by atoms with Crippen LogP contribution in [0.1, 0.15) is 0 Å². The van der Waals surface area contributed by atoms with E-state index < -0.39 is 0 Å². The molecule has 0 aliphatic heterocycles. The summed E-state index contributed by atoms with van der Waals surface area (Å²) in [6.07, 6.45) is 3.59. The molecular weight excluding hydrogens is 552 g/mol. The first kappa shape index (κ1) is 25.3. The van der Waals surface area contributed by atoms with Crippen molar-refractivity contribution < 1.29 is 4.42 Å².